The Morgan fingerprint density at radius 1 is 1.15 bits per heavy atom. The van der Waals surface area contributed by atoms with Gasteiger partial charge in [0.2, 0.25) is 0 Å². The van der Waals surface area contributed by atoms with Crippen LogP contribution in [0, 0.1) is 10.1 Å². The minimum Gasteiger partial charge on any atom is -0.490 e. The van der Waals surface area contributed by atoms with Gasteiger partial charge in [0.25, 0.3) is 5.91 Å². The predicted molar refractivity (Wildman–Crippen MR) is 101 cm³/mol. The molecule has 138 valence electrons. The molecule has 1 amide bonds. The number of carbonyl (C=O) groups excluding carboxylic acids is 1. The summed E-state index contributed by atoms with van der Waals surface area (Å²) in [5.74, 6) is -0.174. The Bertz CT molecular complexity index is 771. The molecular formula is C19H23N3O4. The lowest BCUT2D eigenvalue weighted by Crippen LogP contribution is -2.22. The van der Waals surface area contributed by atoms with Gasteiger partial charge >= 0.3 is 5.69 Å². The SMILES string of the molecule is CCN(CC)Cc1ccc(C(=O)Nc2ccc(OC)c([N+](=O)[O-])c2)cc1. The van der Waals surface area contributed by atoms with Gasteiger partial charge in [-0.15, -0.1) is 0 Å². The van der Waals surface area contributed by atoms with Gasteiger partial charge in [0.1, 0.15) is 0 Å². The third-order valence-electron chi connectivity index (χ3n) is 4.15. The highest BCUT2D eigenvalue weighted by molar-refractivity contribution is 6.04. The lowest BCUT2D eigenvalue weighted by molar-refractivity contribution is -0.385. The molecule has 0 heterocycles. The van der Waals surface area contributed by atoms with Gasteiger partial charge in [0, 0.05) is 23.9 Å². The molecule has 7 nitrogen and oxygen atoms in total. The summed E-state index contributed by atoms with van der Waals surface area (Å²) < 4.78 is 4.96. The topological polar surface area (TPSA) is 84.7 Å². The van der Waals surface area contributed by atoms with E-state index in [1.165, 1.54) is 19.2 Å². The second-order valence-corrected chi connectivity index (χ2v) is 5.76. The van der Waals surface area contributed by atoms with Crippen molar-refractivity contribution in [2.75, 3.05) is 25.5 Å². The number of nitrogens with one attached hydrogen (secondary N) is 1. The molecule has 1 N–H and O–H groups in total. The van der Waals surface area contributed by atoms with E-state index in [2.05, 4.69) is 24.1 Å². The quantitative estimate of drug-likeness (QED) is 0.575. The summed E-state index contributed by atoms with van der Waals surface area (Å²) in [7, 11) is 1.36. The molecule has 0 aliphatic heterocycles. The lowest BCUT2D eigenvalue weighted by atomic mass is 10.1. The average Bonchev–Trinajstić information content (AvgIpc) is 2.66. The third kappa shape index (κ3) is 4.80. The first-order valence-corrected chi connectivity index (χ1v) is 8.43. The van der Waals surface area contributed by atoms with Crippen molar-refractivity contribution in [3.63, 3.8) is 0 Å². The first kappa shape index (κ1) is 19.4. The van der Waals surface area contributed by atoms with Crippen LogP contribution < -0.4 is 10.1 Å². The van der Waals surface area contributed by atoms with Crippen molar-refractivity contribution in [3.05, 3.63) is 63.7 Å². The Hall–Kier alpha value is -2.93. The first-order valence-electron chi connectivity index (χ1n) is 8.43. The summed E-state index contributed by atoms with van der Waals surface area (Å²) in [6, 6.07) is 11.7. The molecule has 0 spiro atoms. The maximum absolute atomic E-state index is 12.4. The van der Waals surface area contributed by atoms with Crippen LogP contribution in [-0.4, -0.2) is 35.9 Å². The highest BCUT2D eigenvalue weighted by Crippen LogP contribution is 2.29. The predicted octanol–water partition coefficient (Wildman–Crippen LogP) is 3.70. The van der Waals surface area contributed by atoms with Crippen LogP contribution in [0.15, 0.2) is 42.5 Å². The number of amides is 1. The molecule has 0 fully saturated rings. The van der Waals surface area contributed by atoms with Crippen LogP contribution in [0.2, 0.25) is 0 Å². The molecule has 0 bridgehead atoms. The Morgan fingerprint density at radius 3 is 2.35 bits per heavy atom. The number of benzene rings is 2. The van der Waals surface area contributed by atoms with Crippen molar-refractivity contribution < 1.29 is 14.5 Å². The van der Waals surface area contributed by atoms with E-state index >= 15 is 0 Å². The van der Waals surface area contributed by atoms with Gasteiger partial charge in [-0.1, -0.05) is 26.0 Å². The smallest absolute Gasteiger partial charge is 0.312 e. The van der Waals surface area contributed by atoms with Crippen molar-refractivity contribution in [1.82, 2.24) is 4.90 Å². The van der Waals surface area contributed by atoms with Gasteiger partial charge < -0.3 is 10.1 Å². The van der Waals surface area contributed by atoms with Crippen molar-refractivity contribution in [1.29, 1.82) is 0 Å². The molecule has 26 heavy (non-hydrogen) atoms. The fourth-order valence-electron chi connectivity index (χ4n) is 2.58. The van der Waals surface area contributed by atoms with Crippen LogP contribution in [0.5, 0.6) is 5.75 Å². The van der Waals surface area contributed by atoms with Gasteiger partial charge in [-0.05, 0) is 42.9 Å². The van der Waals surface area contributed by atoms with E-state index in [1.54, 1.807) is 18.2 Å². The van der Waals surface area contributed by atoms with E-state index in [-0.39, 0.29) is 17.3 Å². The monoisotopic (exact) mass is 357 g/mol. The van der Waals surface area contributed by atoms with E-state index in [1.807, 2.05) is 12.1 Å². The molecule has 0 unspecified atom stereocenters. The van der Waals surface area contributed by atoms with Crippen LogP contribution >= 0.6 is 0 Å². The van der Waals surface area contributed by atoms with Crippen LogP contribution in [0.3, 0.4) is 0 Å². The van der Waals surface area contributed by atoms with Gasteiger partial charge in [0.15, 0.2) is 5.75 Å². The van der Waals surface area contributed by atoms with Crippen LogP contribution in [0.4, 0.5) is 11.4 Å². The Labute approximate surface area is 152 Å². The maximum atomic E-state index is 12.4. The highest BCUT2D eigenvalue weighted by Gasteiger charge is 2.16. The molecule has 0 aliphatic rings. The molecule has 0 radical (unpaired) electrons. The molecular weight excluding hydrogens is 334 g/mol. The number of methoxy groups -OCH3 is 1. The summed E-state index contributed by atoms with van der Waals surface area (Å²) in [6.45, 7) is 6.99. The van der Waals surface area contributed by atoms with E-state index in [0.29, 0.717) is 11.3 Å². The number of hydrogen-bond acceptors (Lipinski definition) is 5. The van der Waals surface area contributed by atoms with Gasteiger partial charge in [0.05, 0.1) is 12.0 Å². The summed E-state index contributed by atoms with van der Waals surface area (Å²) in [6.07, 6.45) is 0. The zero-order valence-corrected chi connectivity index (χ0v) is 15.2. The Kier molecular flexibility index (Phi) is 6.68. The molecule has 0 saturated heterocycles. The molecule has 2 aromatic carbocycles. The summed E-state index contributed by atoms with van der Waals surface area (Å²) in [5.41, 5.74) is 1.77. The van der Waals surface area contributed by atoms with E-state index < -0.39 is 4.92 Å². The zero-order chi connectivity index (χ0) is 19.1. The highest BCUT2D eigenvalue weighted by atomic mass is 16.6. The molecule has 0 aliphatic carbocycles. The Balaban J connectivity index is 2.10. The fourth-order valence-corrected chi connectivity index (χ4v) is 2.58. The largest absolute Gasteiger partial charge is 0.490 e. The standard InChI is InChI=1S/C19H23N3O4/c1-4-21(5-2)13-14-6-8-15(9-7-14)19(23)20-16-10-11-18(26-3)17(12-16)22(24)25/h6-12H,4-5,13H2,1-3H3,(H,20,23). The first-order chi connectivity index (χ1) is 12.5. The number of ether oxygens (including phenoxy) is 1. The summed E-state index contributed by atoms with van der Waals surface area (Å²) in [4.78, 5) is 25.2. The molecule has 2 rings (SSSR count). The second kappa shape index (κ2) is 8.96. The molecule has 2 aromatic rings. The number of rotatable bonds is 8. The van der Waals surface area contributed by atoms with Crippen molar-refractivity contribution in [2.24, 2.45) is 0 Å². The molecule has 0 atom stereocenters. The van der Waals surface area contributed by atoms with E-state index in [9.17, 15) is 14.9 Å². The Morgan fingerprint density at radius 2 is 1.81 bits per heavy atom. The van der Waals surface area contributed by atoms with Crippen LogP contribution in [0.25, 0.3) is 0 Å². The van der Waals surface area contributed by atoms with Gasteiger partial charge in [-0.25, -0.2) is 0 Å². The average molecular weight is 357 g/mol. The van der Waals surface area contributed by atoms with Gasteiger partial charge in [-0.2, -0.15) is 0 Å². The number of carbonyl (C=O) groups is 1. The third-order valence-corrected chi connectivity index (χ3v) is 4.15. The van der Waals surface area contributed by atoms with Crippen LogP contribution in [-0.2, 0) is 6.54 Å². The number of nitro benzene ring substituents is 1. The van der Waals surface area contributed by atoms with Gasteiger partial charge in [-0.3, -0.25) is 19.8 Å². The van der Waals surface area contributed by atoms with Crippen molar-refractivity contribution >= 4 is 17.3 Å². The minimum atomic E-state index is -0.545. The summed E-state index contributed by atoms with van der Waals surface area (Å²) >= 11 is 0. The molecule has 7 heteroatoms. The number of nitrogens with zero attached hydrogens (tertiary/aromatic N) is 2. The minimum absolute atomic E-state index is 0.147. The van der Waals surface area contributed by atoms with Crippen LogP contribution in [0.1, 0.15) is 29.8 Å². The zero-order valence-electron chi connectivity index (χ0n) is 15.2. The molecule has 0 saturated carbocycles. The van der Waals surface area contributed by atoms with E-state index in [4.69, 9.17) is 4.74 Å². The number of hydrogen-bond donors (Lipinski definition) is 1. The number of anilines is 1. The lowest BCUT2D eigenvalue weighted by Gasteiger charge is -2.18. The number of nitro groups is 1. The molecule has 0 aromatic heterocycles. The normalized spacial score (nSPS) is 10.6. The maximum Gasteiger partial charge on any atom is 0.312 e. The second-order valence-electron chi connectivity index (χ2n) is 5.76. The van der Waals surface area contributed by atoms with Crippen molar-refractivity contribution in [3.8, 4) is 5.75 Å². The fraction of sp³-hybridized carbons (Fsp3) is 0.316. The van der Waals surface area contributed by atoms with E-state index in [0.717, 1.165) is 25.2 Å². The van der Waals surface area contributed by atoms with Crippen molar-refractivity contribution in [2.45, 2.75) is 20.4 Å². The summed E-state index contributed by atoms with van der Waals surface area (Å²) in [5, 5.41) is 13.8.